The van der Waals surface area contributed by atoms with E-state index >= 15 is 0 Å². The standard InChI is InChI=1S/C23H20Cl2N4OS/c1-4-12-28-20(16-10-11-18(24)19(25)13-16)14-31-23(28)26-21-15(2)27(3)29(22(21)30)17-8-6-5-7-9-17/h4-11,13-14H,1,12H2,2-3H3. The number of hydrogen-bond acceptors (Lipinski definition) is 3. The van der Waals surface area contributed by atoms with Crippen LogP contribution in [-0.4, -0.2) is 13.9 Å². The fourth-order valence-electron chi connectivity index (χ4n) is 3.39. The highest BCUT2D eigenvalue weighted by molar-refractivity contribution is 7.07. The maximum absolute atomic E-state index is 13.2. The van der Waals surface area contributed by atoms with Crippen LogP contribution in [-0.2, 0) is 13.6 Å². The van der Waals surface area contributed by atoms with E-state index in [-0.39, 0.29) is 5.56 Å². The first-order valence-electron chi connectivity index (χ1n) is 9.55. The molecular formula is C23H20Cl2N4OS. The average molecular weight is 471 g/mol. The minimum atomic E-state index is -0.166. The predicted octanol–water partition coefficient (Wildman–Crippen LogP) is 5.74. The largest absolute Gasteiger partial charge is 0.313 e. The van der Waals surface area contributed by atoms with Gasteiger partial charge in [0.1, 0.15) is 0 Å². The highest BCUT2D eigenvalue weighted by Crippen LogP contribution is 2.29. The predicted molar refractivity (Wildman–Crippen MR) is 129 cm³/mol. The lowest BCUT2D eigenvalue weighted by molar-refractivity contribution is 0.630. The van der Waals surface area contributed by atoms with Gasteiger partial charge in [-0.15, -0.1) is 17.9 Å². The van der Waals surface area contributed by atoms with Crippen molar-refractivity contribution >= 4 is 40.2 Å². The van der Waals surface area contributed by atoms with Crippen molar-refractivity contribution in [2.75, 3.05) is 0 Å². The summed E-state index contributed by atoms with van der Waals surface area (Å²) < 4.78 is 5.46. The van der Waals surface area contributed by atoms with Crippen molar-refractivity contribution in [2.45, 2.75) is 13.5 Å². The van der Waals surface area contributed by atoms with E-state index in [0.717, 1.165) is 22.6 Å². The Morgan fingerprint density at radius 3 is 2.55 bits per heavy atom. The summed E-state index contributed by atoms with van der Waals surface area (Å²) in [6.07, 6.45) is 1.80. The summed E-state index contributed by atoms with van der Waals surface area (Å²) in [5.41, 5.74) is 3.66. The Morgan fingerprint density at radius 2 is 1.87 bits per heavy atom. The van der Waals surface area contributed by atoms with Crippen molar-refractivity contribution in [3.8, 4) is 16.9 Å². The molecule has 0 aliphatic rings. The van der Waals surface area contributed by atoms with Gasteiger partial charge in [-0.3, -0.25) is 9.48 Å². The molecule has 158 valence electrons. The van der Waals surface area contributed by atoms with Gasteiger partial charge in [-0.2, -0.15) is 0 Å². The molecule has 0 aliphatic carbocycles. The van der Waals surface area contributed by atoms with Gasteiger partial charge in [0.2, 0.25) is 0 Å². The van der Waals surface area contributed by atoms with Gasteiger partial charge >= 0.3 is 0 Å². The maximum atomic E-state index is 13.2. The van der Waals surface area contributed by atoms with Crippen LogP contribution in [0.4, 0.5) is 5.69 Å². The Hall–Kier alpha value is -2.80. The third-order valence-electron chi connectivity index (χ3n) is 5.06. The SMILES string of the molecule is C=CCn1c(-c2ccc(Cl)c(Cl)c2)csc1=Nc1c(C)n(C)n(-c2ccccc2)c1=O. The molecule has 4 rings (SSSR count). The van der Waals surface area contributed by atoms with Crippen LogP contribution < -0.4 is 10.4 Å². The van der Waals surface area contributed by atoms with Crippen LogP contribution in [0.15, 0.2) is 76.4 Å². The summed E-state index contributed by atoms with van der Waals surface area (Å²) >= 11 is 13.8. The zero-order chi connectivity index (χ0) is 22.1. The normalized spacial score (nSPS) is 11.8. The molecule has 8 heteroatoms. The van der Waals surface area contributed by atoms with E-state index in [4.69, 9.17) is 28.2 Å². The van der Waals surface area contributed by atoms with Crippen LogP contribution in [0, 0.1) is 6.92 Å². The van der Waals surface area contributed by atoms with Crippen molar-refractivity contribution < 1.29 is 0 Å². The summed E-state index contributed by atoms with van der Waals surface area (Å²) in [7, 11) is 1.86. The third-order valence-corrected chi connectivity index (χ3v) is 6.66. The van der Waals surface area contributed by atoms with Crippen molar-refractivity contribution in [3.05, 3.63) is 97.5 Å². The smallest absolute Gasteiger partial charge is 0.297 e. The molecule has 0 aliphatic heterocycles. The van der Waals surface area contributed by atoms with Crippen LogP contribution in [0.1, 0.15) is 5.69 Å². The topological polar surface area (TPSA) is 44.2 Å². The Bertz CT molecular complexity index is 1390. The second kappa shape index (κ2) is 8.75. The van der Waals surface area contributed by atoms with Gasteiger partial charge in [0, 0.05) is 24.5 Å². The number of para-hydroxylation sites is 1. The molecule has 0 spiro atoms. The van der Waals surface area contributed by atoms with Gasteiger partial charge in [-0.1, -0.05) is 53.5 Å². The van der Waals surface area contributed by atoms with Crippen LogP contribution in [0.25, 0.3) is 16.9 Å². The zero-order valence-electron chi connectivity index (χ0n) is 17.0. The Balaban J connectivity index is 1.91. The van der Waals surface area contributed by atoms with Gasteiger partial charge in [0.05, 0.1) is 27.1 Å². The molecule has 5 nitrogen and oxygen atoms in total. The van der Waals surface area contributed by atoms with E-state index in [1.165, 1.54) is 11.3 Å². The molecule has 0 unspecified atom stereocenters. The number of allylic oxidation sites excluding steroid dienone is 1. The Kier molecular flexibility index (Phi) is 6.05. The Morgan fingerprint density at radius 1 is 1.13 bits per heavy atom. The second-order valence-corrected chi connectivity index (χ2v) is 8.60. The van der Waals surface area contributed by atoms with E-state index in [1.54, 1.807) is 16.8 Å². The van der Waals surface area contributed by atoms with Gasteiger partial charge in [0.15, 0.2) is 10.5 Å². The maximum Gasteiger partial charge on any atom is 0.297 e. The molecule has 0 saturated heterocycles. The first kappa shape index (κ1) is 21.4. The molecule has 0 amide bonds. The molecular weight excluding hydrogens is 451 g/mol. The lowest BCUT2D eigenvalue weighted by Gasteiger charge is -2.07. The number of benzene rings is 2. The average Bonchev–Trinajstić information content (AvgIpc) is 3.25. The summed E-state index contributed by atoms with van der Waals surface area (Å²) in [6, 6.07) is 15.0. The number of hydrogen-bond donors (Lipinski definition) is 0. The first-order chi connectivity index (χ1) is 14.9. The molecule has 2 aromatic heterocycles. The van der Waals surface area contributed by atoms with Crippen LogP contribution in [0.2, 0.25) is 10.0 Å². The van der Waals surface area contributed by atoms with Crippen LogP contribution in [0.5, 0.6) is 0 Å². The molecule has 0 radical (unpaired) electrons. The first-order valence-corrected chi connectivity index (χ1v) is 11.2. The molecule has 0 fully saturated rings. The number of nitrogens with zero attached hydrogens (tertiary/aromatic N) is 4. The summed E-state index contributed by atoms with van der Waals surface area (Å²) in [5.74, 6) is 0. The number of rotatable bonds is 5. The van der Waals surface area contributed by atoms with Crippen molar-refractivity contribution in [1.29, 1.82) is 0 Å². The van der Waals surface area contributed by atoms with E-state index in [2.05, 4.69) is 6.58 Å². The lowest BCUT2D eigenvalue weighted by atomic mass is 10.2. The van der Waals surface area contributed by atoms with Gasteiger partial charge < -0.3 is 4.57 Å². The molecule has 31 heavy (non-hydrogen) atoms. The zero-order valence-corrected chi connectivity index (χ0v) is 19.4. The van der Waals surface area contributed by atoms with E-state index in [0.29, 0.717) is 27.1 Å². The third kappa shape index (κ3) is 3.94. The fourth-order valence-corrected chi connectivity index (χ4v) is 4.61. The van der Waals surface area contributed by atoms with E-state index < -0.39 is 0 Å². The number of halogens is 2. The van der Waals surface area contributed by atoms with E-state index in [9.17, 15) is 4.79 Å². The van der Waals surface area contributed by atoms with Crippen LogP contribution >= 0.6 is 34.5 Å². The molecule has 0 N–H and O–H groups in total. The molecule has 2 heterocycles. The molecule has 0 atom stereocenters. The summed E-state index contributed by atoms with van der Waals surface area (Å²) in [5, 5.41) is 2.98. The summed E-state index contributed by atoms with van der Waals surface area (Å²) in [4.78, 5) is 18.7. The molecule has 2 aromatic carbocycles. The lowest BCUT2D eigenvalue weighted by Crippen LogP contribution is -2.20. The quantitative estimate of drug-likeness (QED) is 0.343. The number of thiazole rings is 1. The second-order valence-electron chi connectivity index (χ2n) is 6.95. The molecule has 0 saturated carbocycles. The fraction of sp³-hybridized carbons (Fsp3) is 0.130. The molecule has 0 bridgehead atoms. The minimum Gasteiger partial charge on any atom is -0.313 e. The van der Waals surface area contributed by atoms with Gasteiger partial charge in [-0.25, -0.2) is 9.67 Å². The van der Waals surface area contributed by atoms with Crippen molar-refractivity contribution in [1.82, 2.24) is 13.9 Å². The van der Waals surface area contributed by atoms with Crippen LogP contribution in [0.3, 0.4) is 0 Å². The van der Waals surface area contributed by atoms with Gasteiger partial charge in [0.25, 0.3) is 5.56 Å². The highest BCUT2D eigenvalue weighted by Gasteiger charge is 2.16. The monoisotopic (exact) mass is 470 g/mol. The van der Waals surface area contributed by atoms with Gasteiger partial charge in [-0.05, 0) is 31.2 Å². The minimum absolute atomic E-state index is 0.166. The summed E-state index contributed by atoms with van der Waals surface area (Å²) in [6.45, 7) is 6.30. The van der Waals surface area contributed by atoms with Crippen molar-refractivity contribution in [3.63, 3.8) is 0 Å². The van der Waals surface area contributed by atoms with Crippen molar-refractivity contribution in [2.24, 2.45) is 12.0 Å². The molecule has 4 aromatic rings. The Labute approximate surface area is 193 Å². The van der Waals surface area contributed by atoms with E-state index in [1.807, 2.05) is 71.1 Å². The highest BCUT2D eigenvalue weighted by atomic mass is 35.5. The number of aromatic nitrogens is 3.